The van der Waals surface area contributed by atoms with Crippen molar-refractivity contribution in [2.75, 3.05) is 45.9 Å². The van der Waals surface area contributed by atoms with Crippen LogP contribution in [0.5, 0.6) is 0 Å². The molecule has 0 saturated carbocycles. The highest BCUT2D eigenvalue weighted by atomic mass is 16.5. The fourth-order valence-corrected chi connectivity index (χ4v) is 2.95. The molecule has 1 amide bonds. The summed E-state index contributed by atoms with van der Waals surface area (Å²) in [7, 11) is 0. The summed E-state index contributed by atoms with van der Waals surface area (Å²) < 4.78 is 5.32. The number of ether oxygens (including phenoxy) is 1. The van der Waals surface area contributed by atoms with Crippen LogP contribution in [0.3, 0.4) is 0 Å². The SMILES string of the molecule is O=C(O)N[C@@H](Cc1ccccc1)[C@@H](O)CNCCCN1CCOCC1. The van der Waals surface area contributed by atoms with Gasteiger partial charge in [-0.25, -0.2) is 4.79 Å². The molecule has 1 heterocycles. The zero-order valence-electron chi connectivity index (χ0n) is 14.6. The molecule has 140 valence electrons. The van der Waals surface area contributed by atoms with E-state index in [1.165, 1.54) is 0 Å². The molecular weight excluding hydrogens is 322 g/mol. The Bertz CT molecular complexity index is 494. The van der Waals surface area contributed by atoms with E-state index in [2.05, 4.69) is 15.5 Å². The van der Waals surface area contributed by atoms with E-state index < -0.39 is 18.2 Å². The summed E-state index contributed by atoms with van der Waals surface area (Å²) in [4.78, 5) is 13.4. The van der Waals surface area contributed by atoms with Gasteiger partial charge in [0.15, 0.2) is 0 Å². The Morgan fingerprint density at radius 3 is 2.64 bits per heavy atom. The van der Waals surface area contributed by atoms with E-state index >= 15 is 0 Å². The number of hydrogen-bond donors (Lipinski definition) is 4. The molecule has 0 spiro atoms. The molecule has 7 nitrogen and oxygen atoms in total. The molecule has 0 unspecified atom stereocenters. The third-order valence-corrected chi connectivity index (χ3v) is 4.36. The van der Waals surface area contributed by atoms with Gasteiger partial charge < -0.3 is 25.6 Å². The largest absolute Gasteiger partial charge is 0.465 e. The number of rotatable bonds is 10. The molecule has 0 radical (unpaired) electrons. The second-order valence-electron chi connectivity index (χ2n) is 6.32. The molecular formula is C18H29N3O4. The predicted octanol–water partition coefficient (Wildman–Crippen LogP) is 0.538. The number of carboxylic acid groups (broad SMARTS) is 1. The second-order valence-corrected chi connectivity index (χ2v) is 6.32. The number of morpholine rings is 1. The van der Waals surface area contributed by atoms with Crippen LogP contribution in [0.1, 0.15) is 12.0 Å². The van der Waals surface area contributed by atoms with Gasteiger partial charge >= 0.3 is 6.09 Å². The minimum absolute atomic E-state index is 0.362. The lowest BCUT2D eigenvalue weighted by Crippen LogP contribution is -2.48. The van der Waals surface area contributed by atoms with Crippen LogP contribution in [-0.2, 0) is 11.2 Å². The van der Waals surface area contributed by atoms with Crippen molar-refractivity contribution in [3.05, 3.63) is 35.9 Å². The van der Waals surface area contributed by atoms with Crippen LogP contribution in [0.25, 0.3) is 0 Å². The highest BCUT2D eigenvalue weighted by Crippen LogP contribution is 2.06. The fraction of sp³-hybridized carbons (Fsp3) is 0.611. The summed E-state index contributed by atoms with van der Waals surface area (Å²) in [6, 6.07) is 9.05. The number of hydrogen-bond acceptors (Lipinski definition) is 5. The van der Waals surface area contributed by atoms with Crippen molar-refractivity contribution in [3.63, 3.8) is 0 Å². The van der Waals surface area contributed by atoms with Crippen molar-refractivity contribution in [3.8, 4) is 0 Å². The molecule has 4 N–H and O–H groups in total. The molecule has 2 rings (SSSR count). The van der Waals surface area contributed by atoms with Gasteiger partial charge in [0.1, 0.15) is 0 Å². The standard InChI is InChI=1S/C18H29N3O4/c22-17(14-19-7-4-8-21-9-11-25-12-10-21)16(20-18(23)24)13-15-5-2-1-3-6-15/h1-3,5-6,16-17,19-20,22H,4,7-14H2,(H,23,24)/t16-,17-/m0/s1. The van der Waals surface area contributed by atoms with Crippen LogP contribution in [0.2, 0.25) is 0 Å². The highest BCUT2D eigenvalue weighted by molar-refractivity contribution is 5.65. The lowest BCUT2D eigenvalue weighted by molar-refractivity contribution is 0.0373. The van der Waals surface area contributed by atoms with Gasteiger partial charge in [-0.1, -0.05) is 30.3 Å². The Labute approximate surface area is 149 Å². The number of amides is 1. The second kappa shape index (κ2) is 11.0. The third kappa shape index (κ3) is 7.83. The molecule has 7 heteroatoms. The molecule has 1 fully saturated rings. The first-order valence-electron chi connectivity index (χ1n) is 8.87. The Morgan fingerprint density at radius 1 is 1.24 bits per heavy atom. The predicted molar refractivity (Wildman–Crippen MR) is 95.8 cm³/mol. The van der Waals surface area contributed by atoms with Gasteiger partial charge in [0.25, 0.3) is 0 Å². The summed E-state index contributed by atoms with van der Waals surface area (Å²) >= 11 is 0. The lowest BCUT2D eigenvalue weighted by Gasteiger charge is -2.27. The average Bonchev–Trinajstić information content (AvgIpc) is 2.62. The van der Waals surface area contributed by atoms with Crippen LogP contribution < -0.4 is 10.6 Å². The summed E-state index contributed by atoms with van der Waals surface area (Å²) in [5, 5.41) is 25.0. The number of aliphatic hydroxyl groups is 1. The van der Waals surface area contributed by atoms with E-state index in [9.17, 15) is 9.90 Å². The van der Waals surface area contributed by atoms with Crippen LogP contribution in [-0.4, -0.2) is 79.3 Å². The highest BCUT2D eigenvalue weighted by Gasteiger charge is 2.21. The molecule has 25 heavy (non-hydrogen) atoms. The van der Waals surface area contributed by atoms with Gasteiger partial charge in [0.05, 0.1) is 25.4 Å². The zero-order chi connectivity index (χ0) is 17.9. The van der Waals surface area contributed by atoms with Crippen molar-refractivity contribution in [2.45, 2.75) is 25.0 Å². The van der Waals surface area contributed by atoms with Gasteiger partial charge in [0.2, 0.25) is 0 Å². The first-order valence-corrected chi connectivity index (χ1v) is 8.87. The molecule has 1 aliphatic rings. The maximum Gasteiger partial charge on any atom is 0.404 e. The summed E-state index contributed by atoms with van der Waals surface area (Å²) in [6.45, 7) is 5.71. The average molecular weight is 351 g/mol. The number of nitrogens with one attached hydrogen (secondary N) is 2. The first-order chi connectivity index (χ1) is 12.1. The van der Waals surface area contributed by atoms with Crippen molar-refractivity contribution >= 4 is 6.09 Å². The van der Waals surface area contributed by atoms with Crippen LogP contribution in [0.4, 0.5) is 4.79 Å². The van der Waals surface area contributed by atoms with Crippen LogP contribution >= 0.6 is 0 Å². The molecule has 1 aromatic carbocycles. The quantitative estimate of drug-likeness (QED) is 0.460. The summed E-state index contributed by atoms with van der Waals surface area (Å²) in [5.74, 6) is 0. The molecule has 0 bridgehead atoms. The Kier molecular flexibility index (Phi) is 8.68. The summed E-state index contributed by atoms with van der Waals surface area (Å²) in [5.41, 5.74) is 0.993. The Morgan fingerprint density at radius 2 is 1.96 bits per heavy atom. The van der Waals surface area contributed by atoms with Crippen molar-refractivity contribution in [1.82, 2.24) is 15.5 Å². The van der Waals surface area contributed by atoms with Gasteiger partial charge in [-0.15, -0.1) is 0 Å². The smallest absolute Gasteiger partial charge is 0.404 e. The third-order valence-electron chi connectivity index (χ3n) is 4.36. The topological polar surface area (TPSA) is 94.1 Å². The molecule has 0 aromatic heterocycles. The maximum atomic E-state index is 11.0. The monoisotopic (exact) mass is 351 g/mol. The first kappa shape index (κ1) is 19.7. The van der Waals surface area contributed by atoms with E-state index in [0.29, 0.717) is 13.0 Å². The van der Waals surface area contributed by atoms with Crippen molar-refractivity contribution in [1.29, 1.82) is 0 Å². The minimum Gasteiger partial charge on any atom is -0.465 e. The molecule has 1 saturated heterocycles. The van der Waals surface area contributed by atoms with E-state index in [1.54, 1.807) is 0 Å². The summed E-state index contributed by atoms with van der Waals surface area (Å²) in [6.07, 6.45) is -0.446. The van der Waals surface area contributed by atoms with E-state index in [4.69, 9.17) is 9.84 Å². The van der Waals surface area contributed by atoms with Crippen molar-refractivity contribution in [2.24, 2.45) is 0 Å². The van der Waals surface area contributed by atoms with E-state index in [0.717, 1.165) is 51.4 Å². The number of benzene rings is 1. The fourth-order valence-electron chi connectivity index (χ4n) is 2.95. The molecule has 0 aliphatic carbocycles. The minimum atomic E-state index is -1.12. The zero-order valence-corrected chi connectivity index (χ0v) is 14.6. The molecule has 1 aromatic rings. The normalized spacial score (nSPS) is 17.8. The molecule has 1 aliphatic heterocycles. The Balaban J connectivity index is 1.69. The van der Waals surface area contributed by atoms with Gasteiger partial charge in [-0.05, 0) is 31.5 Å². The van der Waals surface area contributed by atoms with Crippen molar-refractivity contribution < 1.29 is 19.7 Å². The number of nitrogens with zero attached hydrogens (tertiary/aromatic N) is 1. The van der Waals surface area contributed by atoms with E-state index in [1.807, 2.05) is 30.3 Å². The van der Waals surface area contributed by atoms with Crippen LogP contribution in [0, 0.1) is 0 Å². The van der Waals surface area contributed by atoms with Gasteiger partial charge in [0, 0.05) is 19.6 Å². The van der Waals surface area contributed by atoms with Gasteiger partial charge in [-0.3, -0.25) is 4.90 Å². The van der Waals surface area contributed by atoms with Crippen LogP contribution in [0.15, 0.2) is 30.3 Å². The number of carbonyl (C=O) groups is 1. The maximum absolute atomic E-state index is 11.0. The molecule has 2 atom stereocenters. The van der Waals surface area contributed by atoms with Gasteiger partial charge in [-0.2, -0.15) is 0 Å². The Hall–Kier alpha value is -1.67. The van der Waals surface area contributed by atoms with E-state index in [-0.39, 0.29) is 0 Å². The number of aliphatic hydroxyl groups excluding tert-OH is 1. The lowest BCUT2D eigenvalue weighted by atomic mass is 10.0.